The van der Waals surface area contributed by atoms with Crippen LogP contribution in [0.4, 0.5) is 11.4 Å². The van der Waals surface area contributed by atoms with E-state index in [1.165, 1.54) is 23.0 Å². The molecule has 0 radical (unpaired) electrons. The topological polar surface area (TPSA) is 104 Å². The van der Waals surface area contributed by atoms with Gasteiger partial charge in [-0.25, -0.2) is 4.90 Å². The molecule has 2 saturated heterocycles. The predicted molar refractivity (Wildman–Crippen MR) is 167 cm³/mol. The quantitative estimate of drug-likeness (QED) is 0.223. The molecule has 8 nitrogen and oxygen atoms in total. The van der Waals surface area contributed by atoms with E-state index in [9.17, 15) is 24.3 Å². The zero-order valence-corrected chi connectivity index (χ0v) is 25.7. The second-order valence-corrected chi connectivity index (χ2v) is 13.2. The van der Waals surface area contributed by atoms with Gasteiger partial charge >= 0.3 is 0 Å². The molecular formula is C34H29IN2O6. The molecule has 43 heavy (non-hydrogen) atoms. The maximum Gasteiger partial charge on any atom is 0.241 e. The average Bonchev–Trinajstić information content (AvgIpc) is 3.38. The number of nitrogens with zero attached hydrogens (tertiary/aromatic N) is 2. The molecule has 2 aliphatic carbocycles. The van der Waals surface area contributed by atoms with Crippen LogP contribution in [-0.4, -0.2) is 35.8 Å². The molecule has 0 aromatic heterocycles. The second-order valence-electron chi connectivity index (χ2n) is 11.9. The normalized spacial score (nSPS) is 29.7. The van der Waals surface area contributed by atoms with Crippen molar-refractivity contribution in [2.45, 2.75) is 25.7 Å². The van der Waals surface area contributed by atoms with E-state index in [4.69, 9.17) is 4.74 Å². The van der Waals surface area contributed by atoms with Gasteiger partial charge in [0, 0.05) is 9.49 Å². The first-order chi connectivity index (χ1) is 20.7. The van der Waals surface area contributed by atoms with Crippen molar-refractivity contribution in [2.24, 2.45) is 29.1 Å². The molecule has 0 unspecified atom stereocenters. The summed E-state index contributed by atoms with van der Waals surface area (Å²) in [6.45, 7) is 1.84. The molecule has 1 saturated carbocycles. The summed E-state index contributed by atoms with van der Waals surface area (Å²) in [5.74, 6) is -3.80. The van der Waals surface area contributed by atoms with Crippen LogP contribution < -0.4 is 14.5 Å². The van der Waals surface area contributed by atoms with Crippen LogP contribution >= 0.6 is 22.6 Å². The minimum Gasteiger partial charge on any atom is -0.504 e. The molecule has 3 aromatic carbocycles. The molecule has 1 N–H and O–H groups in total. The van der Waals surface area contributed by atoms with Crippen LogP contribution in [0.15, 0.2) is 84.4 Å². The number of ether oxygens (including phenoxy) is 1. The van der Waals surface area contributed by atoms with Gasteiger partial charge in [-0.2, -0.15) is 0 Å². The highest BCUT2D eigenvalue weighted by Crippen LogP contribution is 2.64. The molecule has 0 spiro atoms. The molecule has 7 rings (SSSR count). The third-order valence-electron chi connectivity index (χ3n) is 9.91. The van der Waals surface area contributed by atoms with Gasteiger partial charge in [0.25, 0.3) is 0 Å². The van der Waals surface area contributed by atoms with Gasteiger partial charge in [-0.1, -0.05) is 35.9 Å². The number of para-hydroxylation sites is 1. The minimum absolute atomic E-state index is 0.0394. The van der Waals surface area contributed by atoms with E-state index < -0.39 is 35.0 Å². The molecule has 2 heterocycles. The fourth-order valence-corrected chi connectivity index (χ4v) is 8.30. The van der Waals surface area contributed by atoms with E-state index in [2.05, 4.69) is 22.6 Å². The zero-order chi connectivity index (χ0) is 30.2. The lowest BCUT2D eigenvalue weighted by Crippen LogP contribution is -2.48. The third kappa shape index (κ3) is 3.93. The molecule has 4 amide bonds. The van der Waals surface area contributed by atoms with Crippen molar-refractivity contribution in [3.63, 3.8) is 0 Å². The molecule has 4 aliphatic rings. The first kappa shape index (κ1) is 27.8. The lowest BCUT2D eigenvalue weighted by atomic mass is 9.51. The van der Waals surface area contributed by atoms with Crippen molar-refractivity contribution in [1.29, 1.82) is 0 Å². The summed E-state index contributed by atoms with van der Waals surface area (Å²) in [5, 5.41) is 10.4. The van der Waals surface area contributed by atoms with Gasteiger partial charge in [0.15, 0.2) is 11.5 Å². The predicted octanol–water partition coefficient (Wildman–Crippen LogP) is 5.44. The molecular weight excluding hydrogens is 659 g/mol. The fourth-order valence-electron chi connectivity index (χ4n) is 7.94. The van der Waals surface area contributed by atoms with Crippen LogP contribution in [0.1, 0.15) is 31.2 Å². The van der Waals surface area contributed by atoms with Gasteiger partial charge in [0.2, 0.25) is 23.6 Å². The van der Waals surface area contributed by atoms with Gasteiger partial charge in [-0.15, -0.1) is 0 Å². The number of aromatic hydroxyl groups is 1. The number of benzene rings is 3. The number of carbonyl (C=O) groups excluding carboxylic acids is 4. The molecule has 2 aliphatic heterocycles. The Morgan fingerprint density at radius 3 is 2.26 bits per heavy atom. The maximum absolute atomic E-state index is 14.4. The number of rotatable bonds is 4. The van der Waals surface area contributed by atoms with E-state index in [-0.39, 0.29) is 41.5 Å². The van der Waals surface area contributed by atoms with Gasteiger partial charge in [0.05, 0.1) is 41.7 Å². The van der Waals surface area contributed by atoms with Crippen molar-refractivity contribution >= 4 is 57.6 Å². The number of phenolic OH excluding ortho intramolecular Hbond substituents is 1. The number of anilines is 2. The summed E-state index contributed by atoms with van der Waals surface area (Å²) in [6.07, 6.45) is 2.66. The molecule has 9 heteroatoms. The third-order valence-corrected chi connectivity index (χ3v) is 10.6. The van der Waals surface area contributed by atoms with E-state index in [1.54, 1.807) is 48.5 Å². The summed E-state index contributed by atoms with van der Waals surface area (Å²) in [7, 11) is 1.46. The highest BCUT2D eigenvalue weighted by molar-refractivity contribution is 14.1. The number of fused-ring (bicyclic) bond motifs is 4. The highest BCUT2D eigenvalue weighted by Gasteiger charge is 2.67. The Kier molecular flexibility index (Phi) is 6.50. The van der Waals surface area contributed by atoms with Gasteiger partial charge < -0.3 is 9.84 Å². The molecule has 0 bridgehead atoms. The first-order valence-electron chi connectivity index (χ1n) is 14.3. The number of allylic oxidation sites excluding steroid dienone is 2. The molecule has 3 aromatic rings. The van der Waals surface area contributed by atoms with E-state index in [0.717, 1.165) is 9.14 Å². The molecule has 3 fully saturated rings. The van der Waals surface area contributed by atoms with Gasteiger partial charge in [0.1, 0.15) is 0 Å². The number of imide groups is 2. The lowest BCUT2D eigenvalue weighted by molar-refractivity contribution is -0.131. The maximum atomic E-state index is 14.4. The Bertz CT molecular complexity index is 1720. The second kappa shape index (κ2) is 10.0. The average molecular weight is 689 g/mol. The summed E-state index contributed by atoms with van der Waals surface area (Å²) in [5.41, 5.74) is 1.47. The van der Waals surface area contributed by atoms with Crippen LogP contribution in [0.25, 0.3) is 0 Å². The fraction of sp³-hybridized carbons (Fsp3) is 0.294. The van der Waals surface area contributed by atoms with Crippen molar-refractivity contribution in [3.05, 3.63) is 93.6 Å². The van der Waals surface area contributed by atoms with Gasteiger partial charge in [-0.3, -0.25) is 24.1 Å². The van der Waals surface area contributed by atoms with Gasteiger partial charge in [-0.05, 0) is 102 Å². The standard InChI is InChI=1S/C34H29IN2O6/c1-34-25(31(40)37(33(34)42)20-6-4-3-5-7-20)17-24-22(29(34)18-8-15-26(38)27(16-18)43-2)13-14-23-28(24)32(41)36(30(23)39)21-11-9-19(35)10-12-21/h3-13,15-16,23-25,28-29,38H,14,17H2,1-2H3/t23-,24+,25-,28-,29-,34+/m0/s1. The number of carbonyl (C=O) groups is 4. The van der Waals surface area contributed by atoms with E-state index in [1.807, 2.05) is 31.2 Å². The van der Waals surface area contributed by atoms with E-state index >= 15 is 0 Å². The number of hydrogen-bond donors (Lipinski definition) is 1. The summed E-state index contributed by atoms with van der Waals surface area (Å²) >= 11 is 2.18. The first-order valence-corrected chi connectivity index (χ1v) is 15.4. The minimum atomic E-state index is -1.16. The number of phenols is 1. The summed E-state index contributed by atoms with van der Waals surface area (Å²) in [4.78, 5) is 59.1. The summed E-state index contributed by atoms with van der Waals surface area (Å²) in [6, 6.07) is 21.2. The van der Waals surface area contributed by atoms with Crippen molar-refractivity contribution in [1.82, 2.24) is 0 Å². The number of hydrogen-bond acceptors (Lipinski definition) is 6. The van der Waals surface area contributed by atoms with Crippen LogP contribution in [0.3, 0.4) is 0 Å². The van der Waals surface area contributed by atoms with E-state index in [0.29, 0.717) is 23.4 Å². The summed E-state index contributed by atoms with van der Waals surface area (Å²) < 4.78 is 6.42. The zero-order valence-electron chi connectivity index (χ0n) is 23.6. The van der Waals surface area contributed by atoms with Crippen LogP contribution in [0.2, 0.25) is 0 Å². The Hall–Kier alpha value is -3.99. The number of halogens is 1. The monoisotopic (exact) mass is 688 g/mol. The highest BCUT2D eigenvalue weighted by atomic mass is 127. The SMILES string of the molecule is COc1cc([C@H]2C3=CC[C@@H]4C(=O)N(c5ccc(I)cc5)C(=O)[C@@H]4[C@@H]3C[C@H]3C(=O)N(c4ccccc4)C(=O)[C@@]23C)ccc1O. The Balaban J connectivity index is 1.37. The van der Waals surface area contributed by atoms with Crippen LogP contribution in [0.5, 0.6) is 11.5 Å². The Labute approximate surface area is 262 Å². The Morgan fingerprint density at radius 2 is 1.56 bits per heavy atom. The number of methoxy groups -OCH3 is 1. The van der Waals surface area contributed by atoms with Crippen LogP contribution in [-0.2, 0) is 19.2 Å². The van der Waals surface area contributed by atoms with Crippen molar-refractivity contribution in [3.8, 4) is 11.5 Å². The molecule has 6 atom stereocenters. The smallest absolute Gasteiger partial charge is 0.241 e. The largest absolute Gasteiger partial charge is 0.504 e. The number of amides is 4. The van der Waals surface area contributed by atoms with Crippen LogP contribution in [0, 0.1) is 32.7 Å². The lowest BCUT2D eigenvalue weighted by Gasteiger charge is -2.49. The van der Waals surface area contributed by atoms with Crippen molar-refractivity contribution in [2.75, 3.05) is 16.9 Å². The molecule has 218 valence electrons. The Morgan fingerprint density at radius 1 is 0.860 bits per heavy atom. The van der Waals surface area contributed by atoms with Crippen molar-refractivity contribution < 1.29 is 29.0 Å².